The van der Waals surface area contributed by atoms with Crippen LogP contribution in [0.5, 0.6) is 0 Å². The van der Waals surface area contributed by atoms with Gasteiger partial charge in [0.25, 0.3) is 0 Å². The molecule has 1 aromatic heterocycles. The number of carboxylic acids is 1. The normalized spacial score (nSPS) is 9.75. The van der Waals surface area contributed by atoms with E-state index in [0.29, 0.717) is 6.54 Å². The molecule has 6 heteroatoms. The van der Waals surface area contributed by atoms with Crippen LogP contribution in [0.25, 0.3) is 0 Å². The smallest absolute Gasteiger partial charge is 0.322 e. The Balaban J connectivity index is 2.16. The summed E-state index contributed by atoms with van der Waals surface area (Å²) in [7, 11) is 0. The van der Waals surface area contributed by atoms with Crippen LogP contribution < -0.4 is 10.6 Å². The highest BCUT2D eigenvalue weighted by atomic mass is 16.4. The molecule has 0 radical (unpaired) electrons. The first-order valence-corrected chi connectivity index (χ1v) is 4.77. The van der Waals surface area contributed by atoms with Crippen LogP contribution in [0, 0.1) is 0 Å². The fraction of sp³-hybridized carbons (Fsp3) is 0.300. The fourth-order valence-electron chi connectivity index (χ4n) is 1.04. The van der Waals surface area contributed by atoms with E-state index < -0.39 is 5.97 Å². The van der Waals surface area contributed by atoms with Gasteiger partial charge in [0.05, 0.1) is 12.2 Å². The summed E-state index contributed by atoms with van der Waals surface area (Å²) >= 11 is 0. The third-order valence-electron chi connectivity index (χ3n) is 1.75. The van der Waals surface area contributed by atoms with E-state index in [9.17, 15) is 9.59 Å². The summed E-state index contributed by atoms with van der Waals surface area (Å²) in [5, 5.41) is 13.4. The summed E-state index contributed by atoms with van der Waals surface area (Å²) in [5.41, 5.74) is 0.827. The molecular weight excluding hydrogens is 210 g/mol. The molecule has 86 valence electrons. The summed E-state index contributed by atoms with van der Waals surface area (Å²) in [6, 6.07) is 5.50. The summed E-state index contributed by atoms with van der Waals surface area (Å²) in [5.74, 6) is -1.41. The minimum atomic E-state index is -1.06. The molecule has 0 aliphatic carbocycles. The Morgan fingerprint density at radius 2 is 2.12 bits per heavy atom. The van der Waals surface area contributed by atoms with Crippen LogP contribution in [0.1, 0.15) is 5.69 Å². The molecule has 0 bridgehead atoms. The zero-order valence-corrected chi connectivity index (χ0v) is 8.64. The lowest BCUT2D eigenvalue weighted by Gasteiger charge is -2.04. The van der Waals surface area contributed by atoms with Gasteiger partial charge in [-0.25, -0.2) is 0 Å². The van der Waals surface area contributed by atoms with Crippen LogP contribution in [0.15, 0.2) is 24.4 Å². The van der Waals surface area contributed by atoms with Gasteiger partial charge in [-0.15, -0.1) is 0 Å². The molecule has 0 spiro atoms. The fourth-order valence-corrected chi connectivity index (χ4v) is 1.04. The van der Waals surface area contributed by atoms with Crippen molar-refractivity contribution in [1.82, 2.24) is 15.6 Å². The maximum Gasteiger partial charge on any atom is 0.322 e. The zero-order valence-electron chi connectivity index (χ0n) is 8.64. The first kappa shape index (κ1) is 12.1. The van der Waals surface area contributed by atoms with E-state index in [4.69, 9.17) is 5.11 Å². The number of carbonyl (C=O) groups is 2. The van der Waals surface area contributed by atoms with E-state index in [1.165, 1.54) is 0 Å². The van der Waals surface area contributed by atoms with Crippen molar-refractivity contribution in [2.24, 2.45) is 0 Å². The topological polar surface area (TPSA) is 91.3 Å². The number of hydrogen-bond donors (Lipinski definition) is 3. The van der Waals surface area contributed by atoms with E-state index in [0.717, 1.165) is 5.69 Å². The molecule has 0 aliphatic rings. The van der Waals surface area contributed by atoms with E-state index in [-0.39, 0.29) is 19.0 Å². The summed E-state index contributed by atoms with van der Waals surface area (Å²) in [4.78, 5) is 25.3. The van der Waals surface area contributed by atoms with Crippen LogP contribution in [-0.4, -0.2) is 35.1 Å². The maximum atomic E-state index is 11.1. The van der Waals surface area contributed by atoms with Gasteiger partial charge >= 0.3 is 5.97 Å². The summed E-state index contributed by atoms with van der Waals surface area (Å²) in [6.07, 6.45) is 1.67. The van der Waals surface area contributed by atoms with E-state index in [2.05, 4.69) is 15.6 Å². The molecule has 0 fully saturated rings. The Hall–Kier alpha value is -1.95. The van der Waals surface area contributed by atoms with Crippen molar-refractivity contribution < 1.29 is 14.7 Å². The Bertz CT molecular complexity index is 354. The standard InChI is InChI=1S/C10H13N3O3/c14-9(13-7-10(15)16)6-11-5-8-3-1-2-4-12-8/h1-4,11H,5-7H2,(H,13,14)(H,15,16). The molecular formula is C10H13N3O3. The molecule has 1 heterocycles. The second-order valence-corrected chi connectivity index (χ2v) is 3.10. The Labute approximate surface area is 92.7 Å². The second-order valence-electron chi connectivity index (χ2n) is 3.10. The number of carboxylic acid groups (broad SMARTS) is 1. The summed E-state index contributed by atoms with van der Waals surface area (Å²) < 4.78 is 0. The SMILES string of the molecule is O=C(O)CNC(=O)CNCc1ccccn1. The highest BCUT2D eigenvalue weighted by Crippen LogP contribution is 1.90. The zero-order chi connectivity index (χ0) is 11.8. The van der Waals surface area contributed by atoms with Crippen LogP contribution in [-0.2, 0) is 16.1 Å². The number of hydrogen-bond acceptors (Lipinski definition) is 4. The summed E-state index contributed by atoms with van der Waals surface area (Å²) in [6.45, 7) is 0.190. The van der Waals surface area contributed by atoms with Crippen molar-refractivity contribution in [3.8, 4) is 0 Å². The van der Waals surface area contributed by atoms with E-state index in [1.54, 1.807) is 6.20 Å². The number of carbonyl (C=O) groups excluding carboxylic acids is 1. The average molecular weight is 223 g/mol. The Morgan fingerprint density at radius 1 is 1.31 bits per heavy atom. The van der Waals surface area contributed by atoms with Gasteiger partial charge in [-0.3, -0.25) is 14.6 Å². The van der Waals surface area contributed by atoms with Gasteiger partial charge in [-0.2, -0.15) is 0 Å². The monoisotopic (exact) mass is 223 g/mol. The van der Waals surface area contributed by atoms with Crippen LogP contribution in [0.4, 0.5) is 0 Å². The predicted octanol–water partition coefficient (Wildman–Crippen LogP) is -0.628. The van der Waals surface area contributed by atoms with Gasteiger partial charge in [-0.1, -0.05) is 6.07 Å². The molecule has 3 N–H and O–H groups in total. The first-order chi connectivity index (χ1) is 7.68. The van der Waals surface area contributed by atoms with Crippen LogP contribution in [0.3, 0.4) is 0 Å². The van der Waals surface area contributed by atoms with E-state index in [1.807, 2.05) is 18.2 Å². The maximum absolute atomic E-state index is 11.1. The van der Waals surface area contributed by atoms with Gasteiger partial charge in [0.1, 0.15) is 6.54 Å². The van der Waals surface area contributed by atoms with Crippen molar-refractivity contribution in [3.05, 3.63) is 30.1 Å². The number of nitrogens with zero attached hydrogens (tertiary/aromatic N) is 1. The third-order valence-corrected chi connectivity index (χ3v) is 1.75. The largest absolute Gasteiger partial charge is 0.480 e. The van der Waals surface area contributed by atoms with Crippen LogP contribution in [0.2, 0.25) is 0 Å². The molecule has 0 saturated carbocycles. The van der Waals surface area contributed by atoms with Gasteiger partial charge in [-0.05, 0) is 12.1 Å². The molecule has 0 aromatic carbocycles. The van der Waals surface area contributed by atoms with Crippen molar-refractivity contribution in [2.75, 3.05) is 13.1 Å². The molecule has 0 saturated heterocycles. The number of rotatable bonds is 6. The lowest BCUT2D eigenvalue weighted by molar-refractivity contribution is -0.137. The van der Waals surface area contributed by atoms with Crippen molar-refractivity contribution in [2.45, 2.75) is 6.54 Å². The highest BCUT2D eigenvalue weighted by molar-refractivity contribution is 5.82. The van der Waals surface area contributed by atoms with E-state index >= 15 is 0 Å². The number of aromatic nitrogens is 1. The van der Waals surface area contributed by atoms with Gasteiger partial charge in [0, 0.05) is 12.7 Å². The number of amides is 1. The number of nitrogens with one attached hydrogen (secondary N) is 2. The minimum Gasteiger partial charge on any atom is -0.480 e. The number of aliphatic carboxylic acids is 1. The Morgan fingerprint density at radius 3 is 2.75 bits per heavy atom. The molecule has 0 unspecified atom stereocenters. The van der Waals surface area contributed by atoms with Crippen LogP contribution >= 0.6 is 0 Å². The third kappa shape index (κ3) is 5.06. The lowest BCUT2D eigenvalue weighted by Crippen LogP contribution is -2.36. The predicted molar refractivity (Wildman–Crippen MR) is 56.6 cm³/mol. The van der Waals surface area contributed by atoms with Gasteiger partial charge in [0.2, 0.25) is 5.91 Å². The first-order valence-electron chi connectivity index (χ1n) is 4.77. The van der Waals surface area contributed by atoms with Gasteiger partial charge < -0.3 is 15.7 Å². The molecule has 1 amide bonds. The van der Waals surface area contributed by atoms with Crippen molar-refractivity contribution in [1.29, 1.82) is 0 Å². The number of pyridine rings is 1. The quantitative estimate of drug-likeness (QED) is 0.597. The molecule has 6 nitrogen and oxygen atoms in total. The minimum absolute atomic E-state index is 0.0733. The Kier molecular flexibility index (Phi) is 4.94. The molecule has 0 aliphatic heterocycles. The molecule has 16 heavy (non-hydrogen) atoms. The second kappa shape index (κ2) is 6.52. The highest BCUT2D eigenvalue weighted by Gasteiger charge is 2.02. The molecule has 0 atom stereocenters. The average Bonchev–Trinajstić information content (AvgIpc) is 2.28. The molecule has 1 aromatic rings. The lowest BCUT2D eigenvalue weighted by atomic mass is 10.3. The van der Waals surface area contributed by atoms with Crippen molar-refractivity contribution in [3.63, 3.8) is 0 Å². The van der Waals surface area contributed by atoms with Gasteiger partial charge in [0.15, 0.2) is 0 Å². The molecule has 1 rings (SSSR count). The van der Waals surface area contributed by atoms with Crippen molar-refractivity contribution >= 4 is 11.9 Å².